The van der Waals surface area contributed by atoms with E-state index in [-0.39, 0.29) is 62.5 Å². The molecule has 0 aliphatic heterocycles. The Morgan fingerprint density at radius 1 is 0.941 bits per heavy atom. The lowest BCUT2D eigenvalue weighted by atomic mass is 10.1. The molecule has 2 aromatic rings. The molecule has 9 nitrogen and oxygen atoms in total. The molecule has 0 saturated heterocycles. The number of carbonyl (C=O) groups excluding carboxylic acids is 1. The summed E-state index contributed by atoms with van der Waals surface area (Å²) in [6, 6.07) is 9.76. The van der Waals surface area contributed by atoms with Crippen molar-refractivity contribution in [1.29, 1.82) is 0 Å². The van der Waals surface area contributed by atoms with Gasteiger partial charge in [0.1, 0.15) is 18.8 Å². The second-order valence-corrected chi connectivity index (χ2v) is 8.90. The highest BCUT2D eigenvalue weighted by Gasteiger charge is 2.18. The SMILES string of the molecule is C=CCOC(=O)c1cc(C)cc(N)c1OCCOCCOCCOS(=O)(=O)c1ccc(C)cc1. The molecule has 0 heterocycles. The highest BCUT2D eigenvalue weighted by atomic mass is 32.2. The van der Waals surface area contributed by atoms with Crippen molar-refractivity contribution in [2.75, 3.05) is 52.0 Å². The second kappa shape index (κ2) is 13.7. The molecule has 2 rings (SSSR count). The zero-order valence-corrected chi connectivity index (χ0v) is 20.3. The normalized spacial score (nSPS) is 11.2. The molecule has 0 atom stereocenters. The molecule has 2 aromatic carbocycles. The van der Waals surface area contributed by atoms with E-state index in [1.807, 2.05) is 13.8 Å². The van der Waals surface area contributed by atoms with Crippen LogP contribution < -0.4 is 10.5 Å². The fourth-order valence-electron chi connectivity index (χ4n) is 2.83. The summed E-state index contributed by atoms with van der Waals surface area (Å²) in [7, 11) is -3.81. The van der Waals surface area contributed by atoms with Crippen LogP contribution in [0.5, 0.6) is 5.75 Å². The van der Waals surface area contributed by atoms with Gasteiger partial charge in [-0.25, -0.2) is 4.79 Å². The number of nitrogens with two attached hydrogens (primary N) is 1. The van der Waals surface area contributed by atoms with Gasteiger partial charge in [0.2, 0.25) is 0 Å². The average molecular weight is 494 g/mol. The first-order chi connectivity index (χ1) is 16.2. The summed E-state index contributed by atoms with van der Waals surface area (Å²) in [6.07, 6.45) is 1.47. The van der Waals surface area contributed by atoms with Gasteiger partial charge < -0.3 is 24.7 Å². The predicted octanol–water partition coefficient (Wildman–Crippen LogP) is 3.05. The number of carbonyl (C=O) groups is 1. The lowest BCUT2D eigenvalue weighted by Crippen LogP contribution is -2.16. The monoisotopic (exact) mass is 493 g/mol. The number of aryl methyl sites for hydroxylation is 2. The van der Waals surface area contributed by atoms with Gasteiger partial charge >= 0.3 is 5.97 Å². The van der Waals surface area contributed by atoms with Crippen LogP contribution in [0.1, 0.15) is 21.5 Å². The van der Waals surface area contributed by atoms with E-state index in [2.05, 4.69) is 6.58 Å². The Morgan fingerprint density at radius 3 is 2.21 bits per heavy atom. The van der Waals surface area contributed by atoms with Crippen molar-refractivity contribution in [2.45, 2.75) is 18.7 Å². The lowest BCUT2D eigenvalue weighted by molar-refractivity contribution is 0.0277. The van der Waals surface area contributed by atoms with Crippen LogP contribution in [-0.2, 0) is 28.5 Å². The molecule has 186 valence electrons. The third-order valence-corrected chi connectivity index (χ3v) is 5.76. The molecular formula is C24H31NO8S. The Labute approximate surface area is 200 Å². The maximum absolute atomic E-state index is 12.2. The number of esters is 1. The van der Waals surface area contributed by atoms with Crippen molar-refractivity contribution in [3.8, 4) is 5.75 Å². The number of nitrogen functional groups attached to an aromatic ring is 1. The molecule has 0 radical (unpaired) electrons. The first-order valence-corrected chi connectivity index (χ1v) is 12.1. The van der Waals surface area contributed by atoms with Crippen LogP contribution in [0, 0.1) is 13.8 Å². The number of ether oxygens (including phenoxy) is 4. The third-order valence-electron chi connectivity index (χ3n) is 4.44. The maximum Gasteiger partial charge on any atom is 0.342 e. The van der Waals surface area contributed by atoms with Crippen LogP contribution in [0.15, 0.2) is 53.9 Å². The van der Waals surface area contributed by atoms with Gasteiger partial charge in [0.25, 0.3) is 10.1 Å². The maximum atomic E-state index is 12.2. The topological polar surface area (TPSA) is 123 Å². The van der Waals surface area contributed by atoms with Crippen molar-refractivity contribution in [1.82, 2.24) is 0 Å². The minimum Gasteiger partial charge on any atom is -0.488 e. The highest BCUT2D eigenvalue weighted by Crippen LogP contribution is 2.29. The van der Waals surface area contributed by atoms with Crippen LogP contribution in [0.2, 0.25) is 0 Å². The van der Waals surface area contributed by atoms with Crippen LogP contribution in [0.4, 0.5) is 5.69 Å². The standard InChI is InChI=1S/C24H31NO8S/c1-4-9-32-24(26)21-16-19(3)17-22(25)23(21)31-14-12-29-10-11-30-13-15-33-34(27,28)20-7-5-18(2)6-8-20/h4-8,16-17H,1,9-15,25H2,2-3H3. The van der Waals surface area contributed by atoms with Gasteiger partial charge in [-0.05, 0) is 43.7 Å². The van der Waals surface area contributed by atoms with Crippen molar-refractivity contribution < 1.29 is 36.3 Å². The molecule has 0 bridgehead atoms. The minimum absolute atomic E-state index is 0.0815. The second-order valence-electron chi connectivity index (χ2n) is 7.28. The average Bonchev–Trinajstić information content (AvgIpc) is 2.79. The van der Waals surface area contributed by atoms with Gasteiger partial charge in [0, 0.05) is 0 Å². The molecule has 34 heavy (non-hydrogen) atoms. The summed E-state index contributed by atoms with van der Waals surface area (Å²) >= 11 is 0. The van der Waals surface area contributed by atoms with Crippen molar-refractivity contribution in [2.24, 2.45) is 0 Å². The van der Waals surface area contributed by atoms with E-state index in [1.54, 1.807) is 24.3 Å². The molecule has 0 fully saturated rings. The highest BCUT2D eigenvalue weighted by molar-refractivity contribution is 7.86. The van der Waals surface area contributed by atoms with Crippen LogP contribution >= 0.6 is 0 Å². The Kier molecular flexibility index (Phi) is 11.0. The summed E-state index contributed by atoms with van der Waals surface area (Å²) in [5.41, 5.74) is 8.34. The van der Waals surface area contributed by atoms with E-state index in [4.69, 9.17) is 28.9 Å². The third kappa shape index (κ3) is 8.79. The molecule has 0 aliphatic carbocycles. The minimum atomic E-state index is -3.81. The van der Waals surface area contributed by atoms with Gasteiger partial charge in [0.05, 0.1) is 43.6 Å². The summed E-state index contributed by atoms with van der Waals surface area (Å²) in [5, 5.41) is 0. The number of anilines is 1. The van der Waals surface area contributed by atoms with E-state index < -0.39 is 16.1 Å². The van der Waals surface area contributed by atoms with Crippen LogP contribution in [0.25, 0.3) is 0 Å². The zero-order valence-electron chi connectivity index (χ0n) is 19.4. The first kappa shape index (κ1) is 27.3. The van der Waals surface area contributed by atoms with Gasteiger partial charge in [-0.15, -0.1) is 0 Å². The van der Waals surface area contributed by atoms with Crippen molar-refractivity contribution in [3.05, 3.63) is 65.7 Å². The predicted molar refractivity (Wildman–Crippen MR) is 128 cm³/mol. The van der Waals surface area contributed by atoms with E-state index in [1.165, 1.54) is 18.2 Å². The number of benzene rings is 2. The van der Waals surface area contributed by atoms with E-state index in [0.29, 0.717) is 5.69 Å². The Balaban J connectivity index is 1.64. The molecular weight excluding hydrogens is 462 g/mol. The van der Waals surface area contributed by atoms with E-state index in [9.17, 15) is 13.2 Å². The van der Waals surface area contributed by atoms with Gasteiger partial charge in [-0.1, -0.05) is 30.4 Å². The Hall–Kier alpha value is -2.92. The fraction of sp³-hybridized carbons (Fsp3) is 0.375. The zero-order chi connectivity index (χ0) is 25.0. The fourth-order valence-corrected chi connectivity index (χ4v) is 3.72. The van der Waals surface area contributed by atoms with E-state index in [0.717, 1.165) is 11.1 Å². The Morgan fingerprint density at radius 2 is 1.56 bits per heavy atom. The molecule has 2 N–H and O–H groups in total. The molecule has 0 aromatic heterocycles. The van der Waals surface area contributed by atoms with Crippen LogP contribution in [0.3, 0.4) is 0 Å². The molecule has 0 aliphatic rings. The van der Waals surface area contributed by atoms with Crippen LogP contribution in [-0.4, -0.2) is 60.6 Å². The quantitative estimate of drug-likeness (QED) is 0.131. The molecule has 0 spiro atoms. The summed E-state index contributed by atoms with van der Waals surface area (Å²) in [4.78, 5) is 12.3. The molecule has 0 amide bonds. The van der Waals surface area contributed by atoms with E-state index >= 15 is 0 Å². The van der Waals surface area contributed by atoms with Crippen molar-refractivity contribution in [3.63, 3.8) is 0 Å². The summed E-state index contributed by atoms with van der Waals surface area (Å²) in [5.74, 6) is -0.308. The molecule has 0 saturated carbocycles. The van der Waals surface area contributed by atoms with Gasteiger partial charge in [-0.3, -0.25) is 4.18 Å². The molecule has 10 heteroatoms. The van der Waals surface area contributed by atoms with Crippen molar-refractivity contribution >= 4 is 21.8 Å². The smallest absolute Gasteiger partial charge is 0.342 e. The van der Waals surface area contributed by atoms with Gasteiger partial charge in [0.15, 0.2) is 5.75 Å². The number of rotatable bonds is 15. The first-order valence-electron chi connectivity index (χ1n) is 10.7. The molecule has 0 unspecified atom stereocenters. The summed E-state index contributed by atoms with van der Waals surface area (Å²) < 4.78 is 50.6. The largest absolute Gasteiger partial charge is 0.488 e. The van der Waals surface area contributed by atoms with Gasteiger partial charge in [-0.2, -0.15) is 8.42 Å². The number of hydrogen-bond donors (Lipinski definition) is 1. The summed E-state index contributed by atoms with van der Waals surface area (Å²) in [6.45, 7) is 8.20. The number of hydrogen-bond acceptors (Lipinski definition) is 9. The lowest BCUT2D eigenvalue weighted by Gasteiger charge is -2.14. The Bertz CT molecular complexity index is 1050.